The number of piperidine rings is 1. The van der Waals surface area contributed by atoms with Crippen LogP contribution in [0.5, 0.6) is 0 Å². The molecule has 1 amide bonds. The van der Waals surface area contributed by atoms with Crippen molar-refractivity contribution in [3.63, 3.8) is 0 Å². The minimum atomic E-state index is 0.0206. The fourth-order valence-electron chi connectivity index (χ4n) is 3.61. The summed E-state index contributed by atoms with van der Waals surface area (Å²) < 4.78 is 5.67. The van der Waals surface area contributed by atoms with Gasteiger partial charge in [-0.15, -0.1) is 21.5 Å². The van der Waals surface area contributed by atoms with Gasteiger partial charge in [-0.1, -0.05) is 13.0 Å². The SMILES string of the molecule is CC1CCN(C(CNC(=O)CCc2nnc(-c3ccsc3)o2)c2cccs2)CC1. The molecule has 1 N–H and O–H groups in total. The van der Waals surface area contributed by atoms with E-state index in [0.717, 1.165) is 24.6 Å². The molecule has 0 spiro atoms. The first-order valence-electron chi connectivity index (χ1n) is 10.1. The number of rotatable bonds is 8. The van der Waals surface area contributed by atoms with E-state index in [1.54, 1.807) is 22.7 Å². The van der Waals surface area contributed by atoms with Crippen molar-refractivity contribution in [1.29, 1.82) is 0 Å². The van der Waals surface area contributed by atoms with Gasteiger partial charge in [0, 0.05) is 35.2 Å². The first-order chi connectivity index (χ1) is 14.2. The summed E-state index contributed by atoms with van der Waals surface area (Å²) in [5.74, 6) is 1.82. The summed E-state index contributed by atoms with van der Waals surface area (Å²) in [6, 6.07) is 6.45. The second kappa shape index (κ2) is 9.65. The maximum absolute atomic E-state index is 12.4. The van der Waals surface area contributed by atoms with E-state index in [-0.39, 0.29) is 11.9 Å². The van der Waals surface area contributed by atoms with Gasteiger partial charge < -0.3 is 9.73 Å². The van der Waals surface area contributed by atoms with Gasteiger partial charge in [-0.25, -0.2) is 0 Å². The van der Waals surface area contributed by atoms with E-state index in [1.807, 2.05) is 16.8 Å². The number of nitrogens with one attached hydrogen (secondary N) is 1. The van der Waals surface area contributed by atoms with Gasteiger partial charge in [0.25, 0.3) is 0 Å². The van der Waals surface area contributed by atoms with Gasteiger partial charge in [-0.3, -0.25) is 9.69 Å². The second-order valence-electron chi connectivity index (χ2n) is 7.57. The molecule has 1 aliphatic heterocycles. The summed E-state index contributed by atoms with van der Waals surface area (Å²) in [6.45, 7) is 5.14. The molecule has 4 rings (SSSR count). The lowest BCUT2D eigenvalue weighted by Gasteiger charge is -2.36. The van der Waals surface area contributed by atoms with Gasteiger partial charge in [-0.2, -0.15) is 11.3 Å². The van der Waals surface area contributed by atoms with Crippen molar-refractivity contribution in [2.24, 2.45) is 5.92 Å². The first kappa shape index (κ1) is 20.3. The fraction of sp³-hybridized carbons (Fsp3) is 0.476. The number of aromatic nitrogens is 2. The van der Waals surface area contributed by atoms with Crippen molar-refractivity contribution >= 4 is 28.6 Å². The first-order valence-corrected chi connectivity index (χ1v) is 11.9. The highest BCUT2D eigenvalue weighted by Gasteiger charge is 2.25. The molecule has 8 heteroatoms. The van der Waals surface area contributed by atoms with E-state index < -0.39 is 0 Å². The summed E-state index contributed by atoms with van der Waals surface area (Å²) in [5, 5.41) is 17.3. The molecule has 1 unspecified atom stereocenters. The highest BCUT2D eigenvalue weighted by molar-refractivity contribution is 7.10. The number of carbonyl (C=O) groups excluding carboxylic acids is 1. The van der Waals surface area contributed by atoms with Crippen LogP contribution < -0.4 is 5.32 Å². The van der Waals surface area contributed by atoms with Crippen molar-refractivity contribution < 1.29 is 9.21 Å². The Morgan fingerprint density at radius 2 is 2.17 bits per heavy atom. The number of aryl methyl sites for hydroxylation is 1. The molecule has 3 aromatic heterocycles. The van der Waals surface area contributed by atoms with Gasteiger partial charge in [0.15, 0.2) is 0 Å². The topological polar surface area (TPSA) is 71.3 Å². The monoisotopic (exact) mass is 430 g/mol. The van der Waals surface area contributed by atoms with Gasteiger partial charge in [-0.05, 0) is 54.7 Å². The van der Waals surface area contributed by atoms with Crippen LogP contribution >= 0.6 is 22.7 Å². The largest absolute Gasteiger partial charge is 0.421 e. The fourth-order valence-corrected chi connectivity index (χ4v) is 5.10. The van der Waals surface area contributed by atoms with Gasteiger partial charge >= 0.3 is 0 Å². The van der Waals surface area contributed by atoms with Crippen LogP contribution in [0, 0.1) is 5.92 Å². The van der Waals surface area contributed by atoms with Crippen LogP contribution in [0.3, 0.4) is 0 Å². The average Bonchev–Trinajstić information content (AvgIpc) is 3.49. The number of amides is 1. The summed E-state index contributed by atoms with van der Waals surface area (Å²) in [7, 11) is 0. The zero-order valence-corrected chi connectivity index (χ0v) is 18.2. The molecule has 0 aliphatic carbocycles. The Kier molecular flexibility index (Phi) is 6.74. The molecule has 0 radical (unpaired) electrons. The minimum Gasteiger partial charge on any atom is -0.421 e. The maximum atomic E-state index is 12.4. The lowest BCUT2D eigenvalue weighted by molar-refractivity contribution is -0.121. The Balaban J connectivity index is 1.29. The molecule has 1 atom stereocenters. The zero-order chi connectivity index (χ0) is 20.1. The van der Waals surface area contributed by atoms with E-state index in [9.17, 15) is 4.79 Å². The Bertz CT molecular complexity index is 884. The van der Waals surface area contributed by atoms with Crippen LogP contribution in [0.1, 0.15) is 43.0 Å². The smallest absolute Gasteiger partial charge is 0.248 e. The molecule has 0 saturated carbocycles. The molecule has 4 heterocycles. The Morgan fingerprint density at radius 1 is 1.31 bits per heavy atom. The molecule has 1 saturated heterocycles. The molecular weight excluding hydrogens is 404 g/mol. The number of likely N-dealkylation sites (tertiary alicyclic amines) is 1. The zero-order valence-electron chi connectivity index (χ0n) is 16.5. The third-order valence-electron chi connectivity index (χ3n) is 5.42. The van der Waals surface area contributed by atoms with Crippen LogP contribution in [0.4, 0.5) is 0 Å². The summed E-state index contributed by atoms with van der Waals surface area (Å²) in [4.78, 5) is 16.3. The third kappa shape index (κ3) is 5.32. The van der Waals surface area contributed by atoms with E-state index in [0.29, 0.717) is 31.2 Å². The van der Waals surface area contributed by atoms with Crippen molar-refractivity contribution in [2.45, 2.75) is 38.6 Å². The lowest BCUT2D eigenvalue weighted by Crippen LogP contribution is -2.41. The molecule has 6 nitrogen and oxygen atoms in total. The molecule has 154 valence electrons. The van der Waals surface area contributed by atoms with E-state index in [1.165, 1.54) is 17.7 Å². The predicted molar refractivity (Wildman–Crippen MR) is 116 cm³/mol. The van der Waals surface area contributed by atoms with Crippen molar-refractivity contribution in [3.8, 4) is 11.5 Å². The number of carbonyl (C=O) groups is 1. The summed E-state index contributed by atoms with van der Waals surface area (Å²) in [5.41, 5.74) is 0.924. The standard InChI is InChI=1S/C21H26N4O2S2/c1-15-6-9-25(10-7-15)17(18-3-2-11-29-18)13-22-19(26)4-5-20-23-24-21(27-20)16-8-12-28-14-16/h2-3,8,11-12,14-15,17H,4-7,9-10,13H2,1H3,(H,22,26). The van der Waals surface area contributed by atoms with Gasteiger partial charge in [0.2, 0.25) is 17.7 Å². The molecule has 3 aromatic rings. The quantitative estimate of drug-likeness (QED) is 0.574. The van der Waals surface area contributed by atoms with Crippen LogP contribution in [-0.2, 0) is 11.2 Å². The second-order valence-corrected chi connectivity index (χ2v) is 9.33. The number of hydrogen-bond donors (Lipinski definition) is 1. The third-order valence-corrected chi connectivity index (χ3v) is 7.08. The van der Waals surface area contributed by atoms with Crippen molar-refractivity contribution in [3.05, 3.63) is 45.1 Å². The molecule has 1 fully saturated rings. The van der Waals surface area contributed by atoms with Gasteiger partial charge in [0.1, 0.15) is 0 Å². The summed E-state index contributed by atoms with van der Waals surface area (Å²) in [6.07, 6.45) is 3.24. The maximum Gasteiger partial charge on any atom is 0.248 e. The van der Waals surface area contributed by atoms with E-state index >= 15 is 0 Å². The van der Waals surface area contributed by atoms with Crippen molar-refractivity contribution in [2.75, 3.05) is 19.6 Å². The van der Waals surface area contributed by atoms with Crippen LogP contribution in [0.15, 0.2) is 38.8 Å². The Morgan fingerprint density at radius 3 is 2.90 bits per heavy atom. The van der Waals surface area contributed by atoms with Crippen molar-refractivity contribution in [1.82, 2.24) is 20.4 Å². The molecule has 29 heavy (non-hydrogen) atoms. The normalized spacial score (nSPS) is 16.7. The van der Waals surface area contributed by atoms with Crippen LogP contribution in [-0.4, -0.2) is 40.6 Å². The van der Waals surface area contributed by atoms with Gasteiger partial charge in [0.05, 0.1) is 6.04 Å². The Labute approximate surface area is 179 Å². The number of hydrogen-bond acceptors (Lipinski definition) is 7. The molecule has 0 aromatic carbocycles. The molecule has 0 bridgehead atoms. The molecule has 1 aliphatic rings. The Hall–Kier alpha value is -2.03. The van der Waals surface area contributed by atoms with Crippen LogP contribution in [0.2, 0.25) is 0 Å². The van der Waals surface area contributed by atoms with E-state index in [2.05, 4.69) is 44.9 Å². The number of thiophene rings is 2. The minimum absolute atomic E-state index is 0.0206. The predicted octanol–water partition coefficient (Wildman–Crippen LogP) is 4.38. The highest BCUT2D eigenvalue weighted by Crippen LogP contribution is 2.29. The highest BCUT2D eigenvalue weighted by atomic mass is 32.1. The number of nitrogens with zero attached hydrogens (tertiary/aromatic N) is 3. The van der Waals surface area contributed by atoms with Crippen LogP contribution in [0.25, 0.3) is 11.5 Å². The lowest BCUT2D eigenvalue weighted by atomic mass is 9.97. The summed E-state index contributed by atoms with van der Waals surface area (Å²) >= 11 is 3.35. The average molecular weight is 431 g/mol. The van der Waals surface area contributed by atoms with E-state index in [4.69, 9.17) is 4.42 Å². The molecular formula is C21H26N4O2S2.